The van der Waals surface area contributed by atoms with Gasteiger partial charge in [-0.05, 0) is 0 Å². The normalized spacial score (nSPS) is 22.4. The van der Waals surface area contributed by atoms with E-state index in [9.17, 15) is 9.59 Å². The smallest absolute Gasteiger partial charge is 0.410 e. The van der Waals surface area contributed by atoms with Crippen molar-refractivity contribution in [2.45, 2.75) is 6.04 Å². The number of amides is 2. The first-order valence-corrected chi connectivity index (χ1v) is 4.54. The third-order valence-corrected chi connectivity index (χ3v) is 2.63. The largest absolute Gasteiger partial charge is 0.453 e. The van der Waals surface area contributed by atoms with Crippen LogP contribution in [0, 0.1) is 0 Å². The lowest BCUT2D eigenvalue weighted by Crippen LogP contribution is -2.44. The molecule has 1 unspecified atom stereocenters. The van der Waals surface area contributed by atoms with Crippen molar-refractivity contribution in [2.75, 3.05) is 18.7 Å². The molecule has 2 amide bonds. The third-order valence-electron chi connectivity index (χ3n) is 1.62. The molecule has 0 radical (unpaired) electrons. The van der Waals surface area contributed by atoms with E-state index < -0.39 is 18.0 Å². The summed E-state index contributed by atoms with van der Waals surface area (Å²) in [5.74, 6) is 0.551. The summed E-state index contributed by atoms with van der Waals surface area (Å²) in [5.41, 5.74) is 5.08. The molecule has 0 saturated carbocycles. The molecule has 12 heavy (non-hydrogen) atoms. The fourth-order valence-corrected chi connectivity index (χ4v) is 2.13. The second-order valence-corrected chi connectivity index (χ2v) is 3.36. The van der Waals surface area contributed by atoms with Gasteiger partial charge >= 0.3 is 6.09 Å². The van der Waals surface area contributed by atoms with Crippen molar-refractivity contribution >= 4 is 23.8 Å². The van der Waals surface area contributed by atoms with Crippen LogP contribution in [0.25, 0.3) is 0 Å². The number of primary amides is 1. The van der Waals surface area contributed by atoms with Crippen molar-refractivity contribution in [1.29, 1.82) is 0 Å². The van der Waals surface area contributed by atoms with Gasteiger partial charge < -0.3 is 10.5 Å². The molecular weight excluding hydrogens is 180 g/mol. The monoisotopic (exact) mass is 190 g/mol. The van der Waals surface area contributed by atoms with Gasteiger partial charge in [0.15, 0.2) is 0 Å². The van der Waals surface area contributed by atoms with Crippen LogP contribution in [-0.4, -0.2) is 41.7 Å². The molecule has 0 aromatic heterocycles. The highest BCUT2D eigenvalue weighted by atomic mass is 32.2. The average molecular weight is 190 g/mol. The Balaban J connectivity index is 2.63. The zero-order valence-electron chi connectivity index (χ0n) is 6.65. The van der Waals surface area contributed by atoms with Crippen LogP contribution in [0.5, 0.6) is 0 Å². The highest BCUT2D eigenvalue weighted by Gasteiger charge is 2.33. The molecule has 1 fully saturated rings. The van der Waals surface area contributed by atoms with E-state index in [0.29, 0.717) is 11.6 Å². The summed E-state index contributed by atoms with van der Waals surface area (Å²) in [7, 11) is 1.28. The number of thioether (sulfide) groups is 1. The van der Waals surface area contributed by atoms with Gasteiger partial charge in [-0.25, -0.2) is 4.79 Å². The van der Waals surface area contributed by atoms with Gasteiger partial charge in [-0.3, -0.25) is 9.69 Å². The quantitative estimate of drug-likeness (QED) is 0.611. The number of nitrogens with two attached hydrogens (primary N) is 1. The minimum atomic E-state index is -0.512. The van der Waals surface area contributed by atoms with Crippen LogP contribution in [-0.2, 0) is 9.53 Å². The summed E-state index contributed by atoms with van der Waals surface area (Å²) in [6.45, 7) is 0. The molecule has 5 nitrogen and oxygen atoms in total. The van der Waals surface area contributed by atoms with Gasteiger partial charge in [-0.1, -0.05) is 0 Å². The van der Waals surface area contributed by atoms with E-state index in [-0.39, 0.29) is 0 Å². The van der Waals surface area contributed by atoms with Crippen molar-refractivity contribution in [3.05, 3.63) is 0 Å². The second kappa shape index (κ2) is 3.66. The Labute approximate surface area is 74.2 Å². The van der Waals surface area contributed by atoms with Gasteiger partial charge in [0.2, 0.25) is 5.91 Å². The van der Waals surface area contributed by atoms with Gasteiger partial charge in [0, 0.05) is 5.75 Å². The minimum absolute atomic E-state index is 0.472. The SMILES string of the molecule is COC(=O)N1CSCC1C(N)=O. The standard InChI is InChI=1S/C6H10N2O3S/c1-11-6(10)8-3-12-2-4(8)5(7)9/h4H,2-3H2,1H3,(H2,7,9). The molecule has 1 aliphatic heterocycles. The van der Waals surface area contributed by atoms with E-state index in [4.69, 9.17) is 5.73 Å². The number of carbonyl (C=O) groups is 2. The Kier molecular flexibility index (Phi) is 2.80. The maximum atomic E-state index is 11.0. The molecule has 0 aromatic carbocycles. The molecule has 1 atom stereocenters. The van der Waals surface area contributed by atoms with Gasteiger partial charge in [0.1, 0.15) is 6.04 Å². The molecule has 1 aliphatic rings. The van der Waals surface area contributed by atoms with E-state index in [1.165, 1.54) is 23.8 Å². The maximum Gasteiger partial charge on any atom is 0.410 e. The van der Waals surface area contributed by atoms with Crippen molar-refractivity contribution in [3.8, 4) is 0 Å². The number of hydrogen-bond acceptors (Lipinski definition) is 4. The topological polar surface area (TPSA) is 72.6 Å². The lowest BCUT2D eigenvalue weighted by molar-refractivity contribution is -0.121. The first-order chi connectivity index (χ1) is 5.66. The summed E-state index contributed by atoms with van der Waals surface area (Å²) >= 11 is 1.49. The van der Waals surface area contributed by atoms with Gasteiger partial charge in [0.25, 0.3) is 0 Å². The van der Waals surface area contributed by atoms with Gasteiger partial charge in [-0.15, -0.1) is 11.8 Å². The predicted molar refractivity (Wildman–Crippen MR) is 44.6 cm³/mol. The highest BCUT2D eigenvalue weighted by molar-refractivity contribution is 7.99. The number of ether oxygens (including phenoxy) is 1. The van der Waals surface area contributed by atoms with Crippen molar-refractivity contribution < 1.29 is 14.3 Å². The summed E-state index contributed by atoms with van der Waals surface area (Å²) < 4.78 is 4.48. The van der Waals surface area contributed by atoms with Crippen LogP contribution in [0.4, 0.5) is 4.79 Å². The van der Waals surface area contributed by atoms with E-state index >= 15 is 0 Å². The van der Waals surface area contributed by atoms with Crippen LogP contribution in [0.3, 0.4) is 0 Å². The summed E-state index contributed by atoms with van der Waals surface area (Å²) in [6.07, 6.45) is -0.496. The Morgan fingerprint density at radius 2 is 2.33 bits per heavy atom. The number of carbonyl (C=O) groups excluding carboxylic acids is 2. The first-order valence-electron chi connectivity index (χ1n) is 3.38. The Hall–Kier alpha value is -0.910. The fraction of sp³-hybridized carbons (Fsp3) is 0.667. The number of rotatable bonds is 1. The molecule has 0 bridgehead atoms. The lowest BCUT2D eigenvalue weighted by atomic mass is 10.3. The van der Waals surface area contributed by atoms with Crippen molar-refractivity contribution in [1.82, 2.24) is 4.90 Å². The molecule has 1 saturated heterocycles. The van der Waals surface area contributed by atoms with Crippen LogP contribution < -0.4 is 5.73 Å². The van der Waals surface area contributed by atoms with E-state index in [0.717, 1.165) is 0 Å². The van der Waals surface area contributed by atoms with Crippen molar-refractivity contribution in [3.63, 3.8) is 0 Å². The molecule has 68 valence electrons. The summed E-state index contributed by atoms with van der Waals surface area (Å²) in [4.78, 5) is 23.1. The molecule has 0 aromatic rings. The molecule has 1 rings (SSSR count). The molecule has 1 heterocycles. The lowest BCUT2D eigenvalue weighted by Gasteiger charge is -2.18. The Morgan fingerprint density at radius 1 is 1.67 bits per heavy atom. The molecular formula is C6H10N2O3S. The van der Waals surface area contributed by atoms with E-state index in [1.807, 2.05) is 0 Å². The molecule has 2 N–H and O–H groups in total. The van der Waals surface area contributed by atoms with E-state index in [2.05, 4.69) is 4.74 Å². The van der Waals surface area contributed by atoms with Gasteiger partial charge in [0.05, 0.1) is 13.0 Å². The molecule has 0 spiro atoms. The summed E-state index contributed by atoms with van der Waals surface area (Å²) in [5, 5.41) is 0. The number of nitrogens with zero attached hydrogens (tertiary/aromatic N) is 1. The molecule has 0 aliphatic carbocycles. The maximum absolute atomic E-state index is 11.0. The first kappa shape index (κ1) is 9.18. The van der Waals surface area contributed by atoms with Crippen LogP contribution in [0.2, 0.25) is 0 Å². The number of methoxy groups -OCH3 is 1. The van der Waals surface area contributed by atoms with Crippen LogP contribution in [0.1, 0.15) is 0 Å². The minimum Gasteiger partial charge on any atom is -0.453 e. The summed E-state index contributed by atoms with van der Waals surface area (Å²) in [6, 6.07) is -0.512. The highest BCUT2D eigenvalue weighted by Crippen LogP contribution is 2.20. The van der Waals surface area contributed by atoms with Crippen molar-refractivity contribution in [2.24, 2.45) is 5.73 Å². The van der Waals surface area contributed by atoms with Crippen LogP contribution in [0.15, 0.2) is 0 Å². The Morgan fingerprint density at radius 3 is 2.83 bits per heavy atom. The zero-order chi connectivity index (χ0) is 9.14. The molecule has 6 heteroatoms. The number of hydrogen-bond donors (Lipinski definition) is 1. The predicted octanol–water partition coefficient (Wildman–Crippen LogP) is -0.387. The third kappa shape index (κ3) is 1.63. The Bertz CT molecular complexity index is 209. The van der Waals surface area contributed by atoms with Gasteiger partial charge in [-0.2, -0.15) is 0 Å². The second-order valence-electron chi connectivity index (χ2n) is 2.36. The van der Waals surface area contributed by atoms with Crippen LogP contribution >= 0.6 is 11.8 Å². The fourth-order valence-electron chi connectivity index (χ4n) is 0.976. The average Bonchev–Trinajstić information content (AvgIpc) is 2.50. The van der Waals surface area contributed by atoms with E-state index in [1.54, 1.807) is 0 Å². The zero-order valence-corrected chi connectivity index (χ0v) is 7.47.